The van der Waals surface area contributed by atoms with Crippen molar-refractivity contribution in [2.45, 2.75) is 13.0 Å². The maximum Gasteiger partial charge on any atom is 0.123 e. The van der Waals surface area contributed by atoms with Crippen LogP contribution in [0.1, 0.15) is 12.0 Å². The summed E-state index contributed by atoms with van der Waals surface area (Å²) in [4.78, 5) is 0. The predicted octanol–water partition coefficient (Wildman–Crippen LogP) is 1.26. The van der Waals surface area contributed by atoms with Gasteiger partial charge in [0.15, 0.2) is 0 Å². The minimum absolute atomic E-state index is 0.189. The average Bonchev–Trinajstić information content (AvgIpc) is 2.15. The summed E-state index contributed by atoms with van der Waals surface area (Å²) < 4.78 is 12.5. The zero-order chi connectivity index (χ0) is 9.52. The molecule has 0 amide bonds. The molecule has 0 atom stereocenters. The van der Waals surface area contributed by atoms with Gasteiger partial charge in [0, 0.05) is 6.54 Å². The van der Waals surface area contributed by atoms with Gasteiger partial charge in [-0.2, -0.15) is 0 Å². The van der Waals surface area contributed by atoms with E-state index in [4.69, 9.17) is 5.73 Å². The van der Waals surface area contributed by atoms with Crippen LogP contribution in [0.3, 0.4) is 0 Å². The standard InChI is InChI=1S/C10H15FN2/c11-10-4-2-9(3-5-10)8-13-7-1-6-12/h2-5,13H,1,6-8,12H2. The van der Waals surface area contributed by atoms with Gasteiger partial charge in [-0.05, 0) is 37.2 Å². The van der Waals surface area contributed by atoms with E-state index in [0.29, 0.717) is 6.54 Å². The number of nitrogens with two attached hydrogens (primary N) is 1. The number of benzene rings is 1. The summed E-state index contributed by atoms with van der Waals surface area (Å²) in [5.41, 5.74) is 6.43. The molecule has 2 nitrogen and oxygen atoms in total. The van der Waals surface area contributed by atoms with Crippen LogP contribution in [0, 0.1) is 5.82 Å². The highest BCUT2D eigenvalue weighted by molar-refractivity contribution is 5.15. The normalized spacial score (nSPS) is 10.3. The Morgan fingerprint density at radius 3 is 2.54 bits per heavy atom. The zero-order valence-electron chi connectivity index (χ0n) is 7.59. The molecular weight excluding hydrogens is 167 g/mol. The molecular formula is C10H15FN2. The molecule has 1 aromatic carbocycles. The first-order valence-corrected chi connectivity index (χ1v) is 4.48. The van der Waals surface area contributed by atoms with E-state index in [9.17, 15) is 4.39 Å². The largest absolute Gasteiger partial charge is 0.330 e. The summed E-state index contributed by atoms with van der Waals surface area (Å²) in [5.74, 6) is -0.189. The number of rotatable bonds is 5. The van der Waals surface area contributed by atoms with Crippen molar-refractivity contribution in [3.8, 4) is 0 Å². The van der Waals surface area contributed by atoms with Crippen LogP contribution in [0.4, 0.5) is 4.39 Å². The molecule has 1 rings (SSSR count). The third-order valence-electron chi connectivity index (χ3n) is 1.80. The maximum atomic E-state index is 12.5. The number of hydrogen-bond donors (Lipinski definition) is 2. The Kier molecular flexibility index (Phi) is 4.43. The molecule has 0 aromatic heterocycles. The SMILES string of the molecule is NCCCNCc1ccc(F)cc1. The highest BCUT2D eigenvalue weighted by Crippen LogP contribution is 2.01. The van der Waals surface area contributed by atoms with Gasteiger partial charge in [-0.15, -0.1) is 0 Å². The van der Waals surface area contributed by atoms with Crippen LogP contribution in [-0.4, -0.2) is 13.1 Å². The van der Waals surface area contributed by atoms with Gasteiger partial charge in [-0.3, -0.25) is 0 Å². The van der Waals surface area contributed by atoms with E-state index in [1.165, 1.54) is 12.1 Å². The fourth-order valence-electron chi connectivity index (χ4n) is 1.06. The molecule has 13 heavy (non-hydrogen) atoms. The van der Waals surface area contributed by atoms with E-state index in [0.717, 1.165) is 25.1 Å². The Bertz CT molecular complexity index is 233. The minimum Gasteiger partial charge on any atom is -0.330 e. The van der Waals surface area contributed by atoms with Crippen molar-refractivity contribution in [1.29, 1.82) is 0 Å². The molecule has 1 aromatic rings. The second-order valence-corrected chi connectivity index (χ2v) is 2.95. The Balaban J connectivity index is 2.25. The van der Waals surface area contributed by atoms with Gasteiger partial charge in [-0.25, -0.2) is 4.39 Å². The Labute approximate surface area is 77.9 Å². The van der Waals surface area contributed by atoms with Crippen LogP contribution in [0.25, 0.3) is 0 Å². The van der Waals surface area contributed by atoms with Crippen molar-refractivity contribution >= 4 is 0 Å². The van der Waals surface area contributed by atoms with Gasteiger partial charge in [0.25, 0.3) is 0 Å². The average molecular weight is 182 g/mol. The van der Waals surface area contributed by atoms with Gasteiger partial charge >= 0.3 is 0 Å². The summed E-state index contributed by atoms with van der Waals surface area (Å²) in [6.45, 7) is 2.39. The van der Waals surface area contributed by atoms with Crippen LogP contribution < -0.4 is 11.1 Å². The lowest BCUT2D eigenvalue weighted by molar-refractivity contribution is 0.623. The summed E-state index contributed by atoms with van der Waals surface area (Å²) in [6.07, 6.45) is 0.973. The van der Waals surface area contributed by atoms with Crippen LogP contribution in [0.15, 0.2) is 24.3 Å². The van der Waals surface area contributed by atoms with E-state index < -0.39 is 0 Å². The Morgan fingerprint density at radius 1 is 1.23 bits per heavy atom. The predicted molar refractivity (Wildman–Crippen MR) is 51.8 cm³/mol. The summed E-state index contributed by atoms with van der Waals surface area (Å²) in [7, 11) is 0. The molecule has 3 N–H and O–H groups in total. The van der Waals surface area contributed by atoms with E-state index in [1.807, 2.05) is 0 Å². The molecule has 0 aliphatic carbocycles. The number of halogens is 1. The van der Waals surface area contributed by atoms with Gasteiger partial charge < -0.3 is 11.1 Å². The van der Waals surface area contributed by atoms with Crippen molar-refractivity contribution in [3.63, 3.8) is 0 Å². The lowest BCUT2D eigenvalue weighted by Gasteiger charge is -2.03. The molecule has 0 saturated heterocycles. The highest BCUT2D eigenvalue weighted by Gasteiger charge is 1.92. The Morgan fingerprint density at radius 2 is 1.92 bits per heavy atom. The molecule has 0 spiro atoms. The summed E-state index contributed by atoms with van der Waals surface area (Å²) >= 11 is 0. The molecule has 3 heteroatoms. The first-order chi connectivity index (χ1) is 6.33. The molecule has 0 fully saturated rings. The van der Waals surface area contributed by atoms with Crippen LogP contribution >= 0.6 is 0 Å². The van der Waals surface area contributed by atoms with Crippen molar-refractivity contribution in [2.24, 2.45) is 5.73 Å². The van der Waals surface area contributed by atoms with Crippen LogP contribution in [0.5, 0.6) is 0 Å². The lowest BCUT2D eigenvalue weighted by atomic mass is 10.2. The first-order valence-electron chi connectivity index (χ1n) is 4.48. The third kappa shape index (κ3) is 4.01. The first kappa shape index (κ1) is 10.2. The van der Waals surface area contributed by atoms with E-state index in [2.05, 4.69) is 5.32 Å². The second-order valence-electron chi connectivity index (χ2n) is 2.95. The third-order valence-corrected chi connectivity index (χ3v) is 1.80. The minimum atomic E-state index is -0.189. The van der Waals surface area contributed by atoms with Crippen molar-refractivity contribution in [2.75, 3.05) is 13.1 Å². The van der Waals surface area contributed by atoms with Gasteiger partial charge in [0.1, 0.15) is 5.82 Å². The van der Waals surface area contributed by atoms with Gasteiger partial charge in [0.2, 0.25) is 0 Å². The van der Waals surface area contributed by atoms with Crippen LogP contribution in [0.2, 0.25) is 0 Å². The fraction of sp³-hybridized carbons (Fsp3) is 0.400. The van der Waals surface area contributed by atoms with E-state index in [-0.39, 0.29) is 5.82 Å². The molecule has 0 bridgehead atoms. The molecule has 0 radical (unpaired) electrons. The van der Waals surface area contributed by atoms with E-state index in [1.54, 1.807) is 12.1 Å². The number of hydrogen-bond acceptors (Lipinski definition) is 2. The topological polar surface area (TPSA) is 38.0 Å². The van der Waals surface area contributed by atoms with Crippen molar-refractivity contribution in [3.05, 3.63) is 35.6 Å². The molecule has 72 valence electrons. The smallest absolute Gasteiger partial charge is 0.123 e. The monoisotopic (exact) mass is 182 g/mol. The highest BCUT2D eigenvalue weighted by atomic mass is 19.1. The molecule has 0 aliphatic rings. The van der Waals surface area contributed by atoms with Crippen LogP contribution in [-0.2, 0) is 6.54 Å². The second kappa shape index (κ2) is 5.67. The Hall–Kier alpha value is -0.930. The quantitative estimate of drug-likeness (QED) is 0.673. The van der Waals surface area contributed by atoms with Crippen molar-refractivity contribution < 1.29 is 4.39 Å². The lowest BCUT2D eigenvalue weighted by Crippen LogP contribution is -2.17. The molecule has 0 saturated carbocycles. The van der Waals surface area contributed by atoms with Crippen molar-refractivity contribution in [1.82, 2.24) is 5.32 Å². The van der Waals surface area contributed by atoms with Gasteiger partial charge in [0.05, 0.1) is 0 Å². The number of nitrogens with one attached hydrogen (secondary N) is 1. The fourth-order valence-corrected chi connectivity index (χ4v) is 1.06. The van der Waals surface area contributed by atoms with Gasteiger partial charge in [-0.1, -0.05) is 12.1 Å². The molecule has 0 heterocycles. The van der Waals surface area contributed by atoms with E-state index >= 15 is 0 Å². The summed E-state index contributed by atoms with van der Waals surface area (Å²) in [5, 5.41) is 3.22. The molecule has 0 unspecified atom stereocenters. The maximum absolute atomic E-state index is 12.5. The molecule has 0 aliphatic heterocycles. The summed E-state index contributed by atoms with van der Waals surface area (Å²) in [6, 6.07) is 6.51. The zero-order valence-corrected chi connectivity index (χ0v) is 7.59.